The van der Waals surface area contributed by atoms with Crippen LogP contribution in [0.15, 0.2) is 23.1 Å². The molecule has 0 aliphatic heterocycles. The molecule has 0 saturated heterocycles. The minimum Gasteiger partial charge on any atom is -0.492 e. The highest BCUT2D eigenvalue weighted by Gasteiger charge is 2.22. The summed E-state index contributed by atoms with van der Waals surface area (Å²) in [6.45, 7) is 5.44. The van der Waals surface area contributed by atoms with Crippen LogP contribution in [-0.2, 0) is 10.0 Å². The third-order valence-corrected chi connectivity index (χ3v) is 5.05. The molecule has 0 spiro atoms. The molecule has 1 rings (SSSR count). The van der Waals surface area contributed by atoms with Crippen LogP contribution in [0, 0.1) is 0 Å². The molecule has 142 valence electrons. The second-order valence-electron chi connectivity index (χ2n) is 6.48. The monoisotopic (exact) mass is 373 g/mol. The molecular formula is C16H27N3O5S. The van der Waals surface area contributed by atoms with Crippen molar-refractivity contribution in [2.75, 3.05) is 39.6 Å². The summed E-state index contributed by atoms with van der Waals surface area (Å²) >= 11 is 0. The summed E-state index contributed by atoms with van der Waals surface area (Å²) in [5, 5.41) is 12.5. The Bertz CT molecular complexity index is 711. The maximum Gasteiger partial charge on any atom is 0.321 e. The van der Waals surface area contributed by atoms with Crippen molar-refractivity contribution in [1.82, 2.24) is 9.21 Å². The van der Waals surface area contributed by atoms with Gasteiger partial charge in [0.05, 0.1) is 29.3 Å². The number of anilines is 1. The van der Waals surface area contributed by atoms with Gasteiger partial charge in [-0.05, 0) is 39.0 Å². The summed E-state index contributed by atoms with van der Waals surface area (Å²) < 4.78 is 31.1. The number of carbonyl (C=O) groups excluding carboxylic acids is 1. The summed E-state index contributed by atoms with van der Waals surface area (Å²) in [5.41, 5.74) is -0.803. The lowest BCUT2D eigenvalue weighted by atomic mass is 10.1. The quantitative estimate of drug-likeness (QED) is 0.756. The van der Waals surface area contributed by atoms with E-state index in [-0.39, 0.29) is 17.1 Å². The van der Waals surface area contributed by atoms with Gasteiger partial charge in [0.25, 0.3) is 0 Å². The van der Waals surface area contributed by atoms with E-state index in [4.69, 9.17) is 4.74 Å². The fourth-order valence-corrected chi connectivity index (χ4v) is 3.05. The number of nitrogens with one attached hydrogen (secondary N) is 1. The van der Waals surface area contributed by atoms with Crippen LogP contribution < -0.4 is 10.1 Å². The zero-order chi connectivity index (χ0) is 19.4. The molecule has 0 bridgehead atoms. The number of nitrogens with zero attached hydrogens (tertiary/aromatic N) is 2. The molecule has 1 aromatic rings. The molecular weight excluding hydrogens is 346 g/mol. The third kappa shape index (κ3) is 5.87. The predicted octanol–water partition coefficient (Wildman–Crippen LogP) is 1.57. The highest BCUT2D eigenvalue weighted by Crippen LogP contribution is 2.29. The number of benzene rings is 1. The molecule has 0 heterocycles. The molecule has 0 fully saturated rings. The number of hydrogen-bond donors (Lipinski definition) is 2. The summed E-state index contributed by atoms with van der Waals surface area (Å²) in [7, 11) is 0.756. The average molecular weight is 373 g/mol. The van der Waals surface area contributed by atoms with E-state index in [0.717, 1.165) is 4.31 Å². The third-order valence-electron chi connectivity index (χ3n) is 3.24. The fraction of sp³-hybridized carbons (Fsp3) is 0.562. The first-order valence-electron chi connectivity index (χ1n) is 7.82. The second kappa shape index (κ2) is 8.03. The largest absolute Gasteiger partial charge is 0.492 e. The van der Waals surface area contributed by atoms with E-state index in [9.17, 15) is 18.3 Å². The van der Waals surface area contributed by atoms with Gasteiger partial charge >= 0.3 is 6.03 Å². The van der Waals surface area contributed by atoms with Gasteiger partial charge in [-0.3, -0.25) is 0 Å². The number of rotatable bonds is 7. The van der Waals surface area contributed by atoms with Crippen LogP contribution in [0.1, 0.15) is 20.8 Å². The number of amides is 2. The lowest BCUT2D eigenvalue weighted by molar-refractivity contribution is 0.0550. The van der Waals surface area contributed by atoms with Gasteiger partial charge in [-0.25, -0.2) is 17.5 Å². The number of urea groups is 1. The van der Waals surface area contributed by atoms with E-state index < -0.39 is 21.7 Å². The van der Waals surface area contributed by atoms with Crippen LogP contribution in [0.2, 0.25) is 0 Å². The summed E-state index contributed by atoms with van der Waals surface area (Å²) in [6.07, 6.45) is 0. The molecule has 0 aliphatic rings. The number of ether oxygens (including phenoxy) is 1. The molecule has 0 aromatic heterocycles. The van der Waals surface area contributed by atoms with E-state index in [1.165, 1.54) is 44.2 Å². The first kappa shape index (κ1) is 21.2. The predicted molar refractivity (Wildman–Crippen MR) is 96.4 cm³/mol. The Kier molecular flexibility index (Phi) is 6.81. The molecule has 0 radical (unpaired) electrons. The van der Waals surface area contributed by atoms with Gasteiger partial charge in [0.2, 0.25) is 10.0 Å². The number of aliphatic hydroxyl groups is 1. The van der Waals surface area contributed by atoms with Crippen molar-refractivity contribution in [2.45, 2.75) is 31.3 Å². The zero-order valence-electron chi connectivity index (χ0n) is 15.5. The number of hydrogen-bond acceptors (Lipinski definition) is 5. The molecule has 9 heteroatoms. The lowest BCUT2D eigenvalue weighted by Crippen LogP contribution is -2.41. The molecule has 2 amide bonds. The Labute approximate surface area is 149 Å². The van der Waals surface area contributed by atoms with Crippen molar-refractivity contribution in [3.05, 3.63) is 18.2 Å². The Balaban J connectivity index is 3.16. The maximum absolute atomic E-state index is 12.3. The van der Waals surface area contributed by atoms with E-state index >= 15 is 0 Å². The smallest absolute Gasteiger partial charge is 0.321 e. The molecule has 25 heavy (non-hydrogen) atoms. The van der Waals surface area contributed by atoms with Gasteiger partial charge in [-0.1, -0.05) is 0 Å². The van der Waals surface area contributed by atoms with Gasteiger partial charge in [0, 0.05) is 21.1 Å². The van der Waals surface area contributed by atoms with Gasteiger partial charge in [-0.15, -0.1) is 0 Å². The van der Waals surface area contributed by atoms with E-state index in [2.05, 4.69) is 5.32 Å². The van der Waals surface area contributed by atoms with Gasteiger partial charge in [-0.2, -0.15) is 0 Å². The topological polar surface area (TPSA) is 99.2 Å². The van der Waals surface area contributed by atoms with E-state index in [0.29, 0.717) is 12.4 Å². The first-order valence-corrected chi connectivity index (χ1v) is 9.26. The van der Waals surface area contributed by atoms with Crippen molar-refractivity contribution in [2.24, 2.45) is 0 Å². The highest BCUT2D eigenvalue weighted by molar-refractivity contribution is 7.89. The number of sulfonamides is 1. The van der Waals surface area contributed by atoms with Crippen molar-refractivity contribution in [3.63, 3.8) is 0 Å². The average Bonchev–Trinajstić information content (AvgIpc) is 2.47. The molecule has 0 saturated carbocycles. The van der Waals surface area contributed by atoms with Crippen LogP contribution in [0.4, 0.5) is 10.5 Å². The van der Waals surface area contributed by atoms with E-state index in [1.54, 1.807) is 20.8 Å². The van der Waals surface area contributed by atoms with E-state index in [1.807, 2.05) is 0 Å². The standard InChI is InChI=1S/C16H27N3O5S/c1-7-24-14-9-8-12(25(22,23)18(4)5)10-13(14)17-15(20)19(6)11-16(2,3)21/h8-10,21H,7,11H2,1-6H3,(H,17,20). The molecule has 8 nitrogen and oxygen atoms in total. The number of likely N-dealkylation sites (N-methyl/N-ethyl adjacent to an activating group) is 1. The molecule has 0 unspecified atom stereocenters. The molecule has 1 aromatic carbocycles. The van der Waals surface area contributed by atoms with Crippen LogP contribution in [-0.4, -0.2) is 68.7 Å². The Morgan fingerprint density at radius 2 is 1.88 bits per heavy atom. The summed E-state index contributed by atoms with van der Waals surface area (Å²) in [4.78, 5) is 13.7. The van der Waals surface area contributed by atoms with Gasteiger partial charge < -0.3 is 20.1 Å². The Morgan fingerprint density at radius 3 is 2.36 bits per heavy atom. The first-order chi connectivity index (χ1) is 11.4. The van der Waals surface area contributed by atoms with Crippen LogP contribution in [0.5, 0.6) is 5.75 Å². The number of carbonyl (C=O) groups is 1. The normalized spacial score (nSPS) is 12.2. The summed E-state index contributed by atoms with van der Waals surface area (Å²) in [6, 6.07) is 3.81. The maximum atomic E-state index is 12.3. The zero-order valence-corrected chi connectivity index (χ0v) is 16.3. The summed E-state index contributed by atoms with van der Waals surface area (Å²) in [5.74, 6) is 0.366. The lowest BCUT2D eigenvalue weighted by Gasteiger charge is -2.26. The van der Waals surface area contributed by atoms with Crippen molar-refractivity contribution in [1.29, 1.82) is 0 Å². The molecule has 2 N–H and O–H groups in total. The van der Waals surface area contributed by atoms with Crippen LogP contribution in [0.3, 0.4) is 0 Å². The van der Waals surface area contributed by atoms with Crippen LogP contribution in [0.25, 0.3) is 0 Å². The Morgan fingerprint density at radius 1 is 1.28 bits per heavy atom. The minimum atomic E-state index is -3.64. The second-order valence-corrected chi connectivity index (χ2v) is 8.63. The van der Waals surface area contributed by atoms with Gasteiger partial charge in [0.15, 0.2) is 0 Å². The van der Waals surface area contributed by atoms with Crippen molar-refractivity contribution < 1.29 is 23.1 Å². The SMILES string of the molecule is CCOc1ccc(S(=O)(=O)N(C)C)cc1NC(=O)N(C)CC(C)(C)O. The Hall–Kier alpha value is -1.84. The fourth-order valence-electron chi connectivity index (χ4n) is 2.12. The van der Waals surface area contributed by atoms with Crippen LogP contribution >= 0.6 is 0 Å². The van der Waals surface area contributed by atoms with Gasteiger partial charge in [0.1, 0.15) is 5.75 Å². The molecule has 0 aliphatic carbocycles. The minimum absolute atomic E-state index is 0.0430. The highest BCUT2D eigenvalue weighted by atomic mass is 32.2. The van der Waals surface area contributed by atoms with Crippen molar-refractivity contribution in [3.8, 4) is 5.75 Å². The molecule has 0 atom stereocenters. The van der Waals surface area contributed by atoms with Crippen molar-refractivity contribution >= 4 is 21.7 Å².